The van der Waals surface area contributed by atoms with E-state index in [4.69, 9.17) is 15.5 Å². The lowest BCUT2D eigenvalue weighted by molar-refractivity contribution is 0.0748. The molecule has 0 unspecified atom stereocenters. The highest BCUT2D eigenvalue weighted by atomic mass is 32.1. The first-order valence-electron chi connectivity index (χ1n) is 9.34. The van der Waals surface area contributed by atoms with Crippen molar-refractivity contribution in [3.05, 3.63) is 35.0 Å². The first-order valence-corrected chi connectivity index (χ1v) is 10.2. The van der Waals surface area contributed by atoms with E-state index in [9.17, 15) is 4.79 Å². The average molecular weight is 372 g/mol. The van der Waals surface area contributed by atoms with Crippen LogP contribution in [0.5, 0.6) is 5.75 Å². The molecule has 2 N–H and O–H groups in total. The summed E-state index contributed by atoms with van der Waals surface area (Å²) in [7, 11) is 1.66. The zero-order valence-corrected chi connectivity index (χ0v) is 15.9. The summed E-state index contributed by atoms with van der Waals surface area (Å²) in [5, 5.41) is 1.09. The van der Waals surface area contributed by atoms with Gasteiger partial charge in [0.2, 0.25) is 0 Å². The van der Waals surface area contributed by atoms with Gasteiger partial charge in [-0.05, 0) is 49.3 Å². The summed E-state index contributed by atoms with van der Waals surface area (Å²) in [6, 6.07) is 7.88. The van der Waals surface area contributed by atoms with Gasteiger partial charge in [0.05, 0.1) is 17.0 Å². The van der Waals surface area contributed by atoms with Gasteiger partial charge < -0.3 is 15.4 Å². The van der Waals surface area contributed by atoms with E-state index in [0.29, 0.717) is 30.6 Å². The van der Waals surface area contributed by atoms with E-state index in [1.165, 1.54) is 25.7 Å². The van der Waals surface area contributed by atoms with Crippen molar-refractivity contribution in [1.82, 2.24) is 9.88 Å². The molecule has 0 bridgehead atoms. The Labute approximate surface area is 158 Å². The Morgan fingerprint density at radius 2 is 2.15 bits per heavy atom. The molecular formula is C20H25N3O2S. The molecule has 6 heteroatoms. The Hall–Kier alpha value is -1.92. The van der Waals surface area contributed by atoms with Crippen LogP contribution >= 0.6 is 11.3 Å². The standard InChI is InChI=1S/C20H25N3O2S/c1-25-16-4-2-3-15(11-16)18-17(22-19(26-18)14-7-8-14)20(24)23(10-9-21)12-13-5-6-13/h2-4,11,13-14H,5-10,12,21H2,1H3. The van der Waals surface area contributed by atoms with Crippen LogP contribution < -0.4 is 10.5 Å². The Bertz CT molecular complexity index is 796. The minimum Gasteiger partial charge on any atom is -0.497 e. The molecule has 138 valence electrons. The van der Waals surface area contributed by atoms with E-state index in [1.807, 2.05) is 29.2 Å². The molecule has 2 fully saturated rings. The maximum absolute atomic E-state index is 13.3. The predicted octanol–water partition coefficient (Wildman–Crippen LogP) is 3.51. The number of aromatic nitrogens is 1. The van der Waals surface area contributed by atoms with E-state index >= 15 is 0 Å². The zero-order chi connectivity index (χ0) is 18.1. The molecule has 0 saturated heterocycles. The number of carbonyl (C=O) groups excluding carboxylic acids is 1. The van der Waals surface area contributed by atoms with Gasteiger partial charge in [0.1, 0.15) is 11.4 Å². The van der Waals surface area contributed by atoms with Crippen molar-refractivity contribution in [3.8, 4) is 16.2 Å². The molecule has 2 aliphatic rings. The van der Waals surface area contributed by atoms with Gasteiger partial charge >= 0.3 is 0 Å². The summed E-state index contributed by atoms with van der Waals surface area (Å²) in [5.74, 6) is 1.96. The first kappa shape index (κ1) is 17.5. The van der Waals surface area contributed by atoms with Crippen LogP contribution in [-0.4, -0.2) is 42.5 Å². The molecule has 5 nitrogen and oxygen atoms in total. The number of benzene rings is 1. The van der Waals surface area contributed by atoms with Crippen LogP contribution in [0.25, 0.3) is 10.4 Å². The Morgan fingerprint density at radius 3 is 2.81 bits per heavy atom. The van der Waals surface area contributed by atoms with Crippen molar-refractivity contribution in [2.24, 2.45) is 11.7 Å². The fraction of sp³-hybridized carbons (Fsp3) is 0.500. The second-order valence-corrected chi connectivity index (χ2v) is 8.25. The number of amides is 1. The minimum absolute atomic E-state index is 0.0170. The van der Waals surface area contributed by atoms with E-state index in [0.717, 1.165) is 27.7 Å². The van der Waals surface area contributed by atoms with Gasteiger partial charge in [-0.2, -0.15) is 0 Å². The lowest BCUT2D eigenvalue weighted by Gasteiger charge is -2.21. The third-order valence-corrected chi connectivity index (χ3v) is 6.23. The van der Waals surface area contributed by atoms with Gasteiger partial charge in [0.25, 0.3) is 5.91 Å². The van der Waals surface area contributed by atoms with Crippen LogP contribution in [0.15, 0.2) is 24.3 Å². The lowest BCUT2D eigenvalue weighted by Crippen LogP contribution is -2.37. The topological polar surface area (TPSA) is 68.5 Å². The monoisotopic (exact) mass is 371 g/mol. The summed E-state index contributed by atoms with van der Waals surface area (Å²) in [6.45, 7) is 1.86. The number of hydrogen-bond acceptors (Lipinski definition) is 5. The van der Waals surface area contributed by atoms with Crippen LogP contribution in [0.1, 0.15) is 47.1 Å². The van der Waals surface area contributed by atoms with E-state index < -0.39 is 0 Å². The largest absolute Gasteiger partial charge is 0.497 e. The molecule has 2 saturated carbocycles. The Balaban J connectivity index is 1.69. The first-order chi connectivity index (χ1) is 12.7. The SMILES string of the molecule is COc1cccc(-c2sc(C3CC3)nc2C(=O)N(CCN)CC2CC2)c1. The van der Waals surface area contributed by atoms with Crippen molar-refractivity contribution in [2.75, 3.05) is 26.7 Å². The van der Waals surface area contributed by atoms with Gasteiger partial charge in [0.15, 0.2) is 0 Å². The fourth-order valence-corrected chi connectivity index (χ4v) is 4.36. The summed E-state index contributed by atoms with van der Waals surface area (Å²) in [5.41, 5.74) is 7.34. The van der Waals surface area contributed by atoms with Crippen LogP contribution in [0.3, 0.4) is 0 Å². The quantitative estimate of drug-likeness (QED) is 0.771. The second kappa shape index (κ2) is 7.37. The van der Waals surface area contributed by atoms with Crippen LogP contribution in [0.4, 0.5) is 0 Å². The lowest BCUT2D eigenvalue weighted by atomic mass is 10.1. The van der Waals surface area contributed by atoms with E-state index in [-0.39, 0.29) is 5.91 Å². The van der Waals surface area contributed by atoms with Crippen molar-refractivity contribution in [3.63, 3.8) is 0 Å². The number of thiazole rings is 1. The third kappa shape index (κ3) is 3.76. The third-order valence-electron chi connectivity index (χ3n) is 4.97. The molecule has 0 atom stereocenters. The molecule has 26 heavy (non-hydrogen) atoms. The van der Waals surface area contributed by atoms with Crippen molar-refractivity contribution in [1.29, 1.82) is 0 Å². The number of rotatable bonds is 8. The number of hydrogen-bond donors (Lipinski definition) is 1. The molecule has 2 aliphatic carbocycles. The van der Waals surface area contributed by atoms with Gasteiger partial charge in [-0.3, -0.25) is 4.79 Å². The minimum atomic E-state index is 0.0170. The summed E-state index contributed by atoms with van der Waals surface area (Å²) >= 11 is 1.66. The number of nitrogens with two attached hydrogens (primary N) is 1. The summed E-state index contributed by atoms with van der Waals surface area (Å²) in [6.07, 6.45) is 4.77. The second-order valence-electron chi connectivity index (χ2n) is 7.22. The summed E-state index contributed by atoms with van der Waals surface area (Å²) in [4.78, 5) is 20.9. The molecule has 0 aliphatic heterocycles. The van der Waals surface area contributed by atoms with Crippen molar-refractivity contribution >= 4 is 17.2 Å². The average Bonchev–Trinajstić information content (AvgIpc) is 3.60. The molecule has 2 aromatic rings. The molecule has 4 rings (SSSR count). The highest BCUT2D eigenvalue weighted by molar-refractivity contribution is 7.15. The Kier molecular flexibility index (Phi) is 4.96. The number of nitrogens with zero attached hydrogens (tertiary/aromatic N) is 2. The molecule has 1 heterocycles. The van der Waals surface area contributed by atoms with Crippen LogP contribution in [0.2, 0.25) is 0 Å². The van der Waals surface area contributed by atoms with Gasteiger partial charge in [0, 0.05) is 25.6 Å². The maximum Gasteiger partial charge on any atom is 0.274 e. The van der Waals surface area contributed by atoms with Crippen molar-refractivity contribution in [2.45, 2.75) is 31.6 Å². The normalized spacial score (nSPS) is 16.5. The number of carbonyl (C=O) groups is 1. The predicted molar refractivity (Wildman–Crippen MR) is 104 cm³/mol. The Morgan fingerprint density at radius 1 is 1.35 bits per heavy atom. The highest BCUT2D eigenvalue weighted by Gasteiger charge is 2.33. The van der Waals surface area contributed by atoms with Gasteiger partial charge in [-0.1, -0.05) is 12.1 Å². The molecule has 0 spiro atoms. The van der Waals surface area contributed by atoms with E-state index in [1.54, 1.807) is 18.4 Å². The number of ether oxygens (including phenoxy) is 1. The number of methoxy groups -OCH3 is 1. The van der Waals surface area contributed by atoms with Crippen LogP contribution in [-0.2, 0) is 0 Å². The van der Waals surface area contributed by atoms with E-state index in [2.05, 4.69) is 0 Å². The maximum atomic E-state index is 13.3. The van der Waals surface area contributed by atoms with Crippen molar-refractivity contribution < 1.29 is 9.53 Å². The molecular weight excluding hydrogens is 346 g/mol. The molecule has 1 aromatic heterocycles. The van der Waals surface area contributed by atoms with Gasteiger partial charge in [-0.15, -0.1) is 11.3 Å². The van der Waals surface area contributed by atoms with Gasteiger partial charge in [-0.25, -0.2) is 4.98 Å². The highest BCUT2D eigenvalue weighted by Crippen LogP contribution is 2.45. The molecule has 1 amide bonds. The fourth-order valence-electron chi connectivity index (χ4n) is 3.14. The molecule has 1 aromatic carbocycles. The zero-order valence-electron chi connectivity index (χ0n) is 15.1. The summed E-state index contributed by atoms with van der Waals surface area (Å²) < 4.78 is 5.36. The smallest absolute Gasteiger partial charge is 0.274 e. The molecule has 0 radical (unpaired) electrons. The van der Waals surface area contributed by atoms with Crippen LogP contribution in [0, 0.1) is 5.92 Å².